The van der Waals surface area contributed by atoms with Gasteiger partial charge in [-0.05, 0) is 24.0 Å². The molecule has 2 N–H and O–H groups in total. The lowest BCUT2D eigenvalue weighted by molar-refractivity contribution is -0.133. The Morgan fingerprint density at radius 1 is 1.30 bits per heavy atom. The number of hydrogen-bond acceptors (Lipinski definition) is 4. The van der Waals surface area contributed by atoms with Crippen molar-refractivity contribution in [3.63, 3.8) is 0 Å². The summed E-state index contributed by atoms with van der Waals surface area (Å²) in [5.41, 5.74) is 6.54. The second-order valence-corrected chi connectivity index (χ2v) is 6.51. The van der Waals surface area contributed by atoms with Crippen LogP contribution in [0.15, 0.2) is 18.3 Å². The smallest absolute Gasteiger partial charge is 0.226 e. The number of piperazine rings is 1. The van der Waals surface area contributed by atoms with Gasteiger partial charge >= 0.3 is 0 Å². The number of nitrogen functional groups attached to an aromatic ring is 1. The summed E-state index contributed by atoms with van der Waals surface area (Å²) in [5.74, 6) is 1.52. The molecule has 1 aromatic heterocycles. The number of anilines is 2. The van der Waals surface area contributed by atoms with Crippen molar-refractivity contribution in [3.05, 3.63) is 18.3 Å². The molecule has 1 aromatic rings. The van der Waals surface area contributed by atoms with Crippen LogP contribution >= 0.6 is 0 Å². The standard InChI is InChI=1S/C15H22N4O/c1-15(2)9-12(15)14(20)19-7-5-18(6-8-19)13-4-3-11(16)10-17-13/h3-4,10,12H,5-9,16H2,1-2H3. The summed E-state index contributed by atoms with van der Waals surface area (Å²) < 4.78 is 0. The zero-order valence-electron chi connectivity index (χ0n) is 12.2. The third kappa shape index (κ3) is 2.44. The maximum Gasteiger partial charge on any atom is 0.226 e. The molecule has 0 aromatic carbocycles. The predicted octanol–water partition coefficient (Wildman–Crippen LogP) is 1.36. The summed E-state index contributed by atoms with van der Waals surface area (Å²) in [4.78, 5) is 20.9. The van der Waals surface area contributed by atoms with Crippen molar-refractivity contribution < 1.29 is 4.79 Å². The van der Waals surface area contributed by atoms with Crippen molar-refractivity contribution >= 4 is 17.4 Å². The van der Waals surface area contributed by atoms with Gasteiger partial charge in [-0.2, -0.15) is 0 Å². The van der Waals surface area contributed by atoms with Gasteiger partial charge in [0.05, 0.1) is 11.9 Å². The first-order chi connectivity index (χ1) is 9.47. The van der Waals surface area contributed by atoms with Crippen LogP contribution in [0.3, 0.4) is 0 Å². The van der Waals surface area contributed by atoms with Crippen LogP contribution in [0.2, 0.25) is 0 Å². The van der Waals surface area contributed by atoms with Gasteiger partial charge in [-0.25, -0.2) is 4.98 Å². The second kappa shape index (κ2) is 4.65. The molecular weight excluding hydrogens is 252 g/mol. The molecule has 2 aliphatic rings. The zero-order valence-corrected chi connectivity index (χ0v) is 12.2. The third-order valence-corrected chi connectivity index (χ3v) is 4.50. The minimum absolute atomic E-state index is 0.215. The quantitative estimate of drug-likeness (QED) is 0.884. The molecule has 1 atom stereocenters. The Kier molecular flexibility index (Phi) is 3.07. The normalized spacial score (nSPS) is 24.6. The number of aromatic nitrogens is 1. The molecule has 20 heavy (non-hydrogen) atoms. The van der Waals surface area contributed by atoms with E-state index < -0.39 is 0 Å². The lowest BCUT2D eigenvalue weighted by atomic mass is 10.1. The Labute approximate surface area is 119 Å². The molecule has 1 aliphatic heterocycles. The molecule has 1 amide bonds. The molecule has 2 fully saturated rings. The lowest BCUT2D eigenvalue weighted by Gasteiger charge is -2.35. The van der Waals surface area contributed by atoms with Crippen LogP contribution < -0.4 is 10.6 Å². The van der Waals surface area contributed by atoms with Gasteiger partial charge in [0.1, 0.15) is 5.82 Å². The summed E-state index contributed by atoms with van der Waals surface area (Å²) in [6.45, 7) is 7.61. The second-order valence-electron chi connectivity index (χ2n) is 6.51. The number of pyridine rings is 1. The van der Waals surface area contributed by atoms with Crippen molar-refractivity contribution in [2.45, 2.75) is 20.3 Å². The minimum atomic E-state index is 0.215. The highest BCUT2D eigenvalue weighted by atomic mass is 16.2. The zero-order chi connectivity index (χ0) is 14.3. The summed E-state index contributed by atoms with van der Waals surface area (Å²) in [7, 11) is 0. The lowest BCUT2D eigenvalue weighted by Crippen LogP contribution is -2.49. The number of amides is 1. The molecule has 0 spiro atoms. The van der Waals surface area contributed by atoms with Gasteiger partial charge in [0.25, 0.3) is 0 Å². The predicted molar refractivity (Wildman–Crippen MR) is 79.3 cm³/mol. The van der Waals surface area contributed by atoms with Gasteiger partial charge < -0.3 is 15.5 Å². The Hall–Kier alpha value is -1.78. The highest BCUT2D eigenvalue weighted by Gasteiger charge is 2.52. The number of carbonyl (C=O) groups excluding carboxylic acids is 1. The highest BCUT2D eigenvalue weighted by molar-refractivity contribution is 5.82. The van der Waals surface area contributed by atoms with Crippen LogP contribution in [0.25, 0.3) is 0 Å². The number of hydrogen-bond donors (Lipinski definition) is 1. The van der Waals surface area contributed by atoms with Crippen LogP contribution in [-0.2, 0) is 4.79 Å². The topological polar surface area (TPSA) is 62.5 Å². The van der Waals surface area contributed by atoms with Gasteiger partial charge in [0.15, 0.2) is 0 Å². The van der Waals surface area contributed by atoms with Gasteiger partial charge in [-0.15, -0.1) is 0 Å². The van der Waals surface area contributed by atoms with Crippen LogP contribution in [0, 0.1) is 11.3 Å². The van der Waals surface area contributed by atoms with E-state index in [9.17, 15) is 4.79 Å². The van der Waals surface area contributed by atoms with Crippen molar-refractivity contribution in [2.24, 2.45) is 11.3 Å². The molecule has 1 saturated carbocycles. The summed E-state index contributed by atoms with van der Waals surface area (Å²) in [5, 5.41) is 0. The van der Waals surface area contributed by atoms with Crippen LogP contribution in [0.5, 0.6) is 0 Å². The first-order valence-corrected chi connectivity index (χ1v) is 7.23. The minimum Gasteiger partial charge on any atom is -0.397 e. The van der Waals surface area contributed by atoms with Gasteiger partial charge in [-0.1, -0.05) is 13.8 Å². The maximum atomic E-state index is 12.3. The molecule has 3 rings (SSSR count). The SMILES string of the molecule is CC1(C)CC1C(=O)N1CCN(c2ccc(N)cn2)CC1. The Balaban J connectivity index is 1.57. The first kappa shape index (κ1) is 13.2. The van der Waals surface area contributed by atoms with E-state index in [0.717, 1.165) is 38.4 Å². The van der Waals surface area contributed by atoms with Crippen molar-refractivity contribution in [1.29, 1.82) is 0 Å². The van der Waals surface area contributed by atoms with Gasteiger partial charge in [0.2, 0.25) is 5.91 Å². The monoisotopic (exact) mass is 274 g/mol. The van der Waals surface area contributed by atoms with Crippen molar-refractivity contribution in [3.8, 4) is 0 Å². The van der Waals surface area contributed by atoms with E-state index >= 15 is 0 Å². The molecule has 5 nitrogen and oxygen atoms in total. The van der Waals surface area contributed by atoms with Crippen LogP contribution in [-0.4, -0.2) is 42.0 Å². The van der Waals surface area contributed by atoms with Gasteiger partial charge in [0, 0.05) is 32.1 Å². The maximum absolute atomic E-state index is 12.3. The Morgan fingerprint density at radius 2 is 1.95 bits per heavy atom. The van der Waals surface area contributed by atoms with E-state index in [2.05, 4.69) is 23.7 Å². The van der Waals surface area contributed by atoms with E-state index in [1.54, 1.807) is 6.20 Å². The highest BCUT2D eigenvalue weighted by Crippen LogP contribution is 2.52. The number of carbonyl (C=O) groups is 1. The summed E-state index contributed by atoms with van der Waals surface area (Å²) in [6.07, 6.45) is 2.71. The molecule has 2 heterocycles. The number of nitrogens with zero attached hydrogens (tertiary/aromatic N) is 3. The molecular formula is C15H22N4O. The molecule has 108 valence electrons. The average Bonchev–Trinajstić information content (AvgIpc) is 3.08. The Bertz CT molecular complexity index is 503. The van der Waals surface area contributed by atoms with Crippen LogP contribution in [0.1, 0.15) is 20.3 Å². The van der Waals surface area contributed by atoms with Crippen LogP contribution in [0.4, 0.5) is 11.5 Å². The molecule has 0 radical (unpaired) electrons. The summed E-state index contributed by atoms with van der Waals surface area (Å²) in [6, 6.07) is 3.81. The van der Waals surface area contributed by atoms with E-state index in [4.69, 9.17) is 5.73 Å². The van der Waals surface area contributed by atoms with E-state index in [0.29, 0.717) is 11.6 Å². The van der Waals surface area contributed by atoms with E-state index in [1.807, 2.05) is 17.0 Å². The Morgan fingerprint density at radius 3 is 2.45 bits per heavy atom. The summed E-state index contributed by atoms with van der Waals surface area (Å²) >= 11 is 0. The number of nitrogens with two attached hydrogens (primary N) is 1. The van der Waals surface area contributed by atoms with E-state index in [-0.39, 0.29) is 11.3 Å². The fraction of sp³-hybridized carbons (Fsp3) is 0.600. The largest absolute Gasteiger partial charge is 0.397 e. The third-order valence-electron chi connectivity index (χ3n) is 4.50. The molecule has 5 heteroatoms. The van der Waals surface area contributed by atoms with E-state index in [1.165, 1.54) is 0 Å². The van der Waals surface area contributed by atoms with Crippen molar-refractivity contribution in [1.82, 2.24) is 9.88 Å². The van der Waals surface area contributed by atoms with Gasteiger partial charge in [-0.3, -0.25) is 4.79 Å². The van der Waals surface area contributed by atoms with Crippen molar-refractivity contribution in [2.75, 3.05) is 36.8 Å². The molecule has 1 unspecified atom stereocenters. The number of rotatable bonds is 2. The first-order valence-electron chi connectivity index (χ1n) is 7.23. The average molecular weight is 274 g/mol. The fourth-order valence-corrected chi connectivity index (χ4v) is 2.85. The fourth-order valence-electron chi connectivity index (χ4n) is 2.85. The molecule has 1 saturated heterocycles. The molecule has 1 aliphatic carbocycles. The molecule has 0 bridgehead atoms.